The van der Waals surface area contributed by atoms with Crippen LogP contribution in [0.1, 0.15) is 19.8 Å². The van der Waals surface area contributed by atoms with E-state index in [4.69, 9.17) is 10.5 Å². The molecule has 60 valence electrons. The number of allylic oxidation sites excluding steroid dienone is 1. The van der Waals surface area contributed by atoms with Crippen molar-refractivity contribution in [3.63, 3.8) is 0 Å². The van der Waals surface area contributed by atoms with E-state index in [1.807, 2.05) is 19.1 Å². The molecule has 0 aromatic carbocycles. The molecule has 2 N–H and O–H groups in total. The fraction of sp³-hybridized carbons (Fsp3) is 0.750. The van der Waals surface area contributed by atoms with Gasteiger partial charge in [-0.15, -0.1) is 0 Å². The number of ether oxygens (including phenoxy) is 1. The summed E-state index contributed by atoms with van der Waals surface area (Å²) in [5, 5.41) is 0. The summed E-state index contributed by atoms with van der Waals surface area (Å²) in [4.78, 5) is 0. The number of hydrogen-bond acceptors (Lipinski definition) is 2. The second kappa shape index (κ2) is 8.66. The van der Waals surface area contributed by atoms with Crippen LogP contribution >= 0.6 is 0 Å². The Morgan fingerprint density at radius 1 is 1.40 bits per heavy atom. The van der Waals surface area contributed by atoms with Crippen LogP contribution < -0.4 is 5.73 Å². The minimum atomic E-state index is 0.737. The topological polar surface area (TPSA) is 35.2 Å². The Balaban J connectivity index is 2.77. The summed E-state index contributed by atoms with van der Waals surface area (Å²) in [6.45, 7) is 4.33. The standard InChI is InChI=1S/C8H17NO/c1-2-3-7-10-8-5-4-6-9/h2-3H,4-9H2,1H3. The van der Waals surface area contributed by atoms with Gasteiger partial charge in [-0.3, -0.25) is 0 Å². The van der Waals surface area contributed by atoms with Gasteiger partial charge in [0.25, 0.3) is 0 Å². The van der Waals surface area contributed by atoms with Crippen molar-refractivity contribution < 1.29 is 4.74 Å². The van der Waals surface area contributed by atoms with Gasteiger partial charge in [0.15, 0.2) is 0 Å². The minimum Gasteiger partial charge on any atom is -0.377 e. The van der Waals surface area contributed by atoms with Crippen molar-refractivity contribution in [1.29, 1.82) is 0 Å². The van der Waals surface area contributed by atoms with Crippen molar-refractivity contribution in [2.45, 2.75) is 19.8 Å². The van der Waals surface area contributed by atoms with Gasteiger partial charge in [-0.2, -0.15) is 0 Å². The molecule has 0 saturated carbocycles. The number of hydrogen-bond donors (Lipinski definition) is 1. The van der Waals surface area contributed by atoms with Crippen LogP contribution in [-0.2, 0) is 4.74 Å². The molecule has 0 fully saturated rings. The van der Waals surface area contributed by atoms with E-state index in [9.17, 15) is 0 Å². The molecular formula is C8H17NO. The van der Waals surface area contributed by atoms with Crippen molar-refractivity contribution >= 4 is 0 Å². The third kappa shape index (κ3) is 7.66. The largest absolute Gasteiger partial charge is 0.377 e. The Hall–Kier alpha value is -0.340. The normalized spacial score (nSPS) is 11.0. The molecule has 0 aromatic rings. The van der Waals surface area contributed by atoms with Gasteiger partial charge < -0.3 is 10.5 Å². The molecule has 2 heteroatoms. The lowest BCUT2D eigenvalue weighted by Crippen LogP contribution is -2.01. The number of unbranched alkanes of at least 4 members (excludes halogenated alkanes) is 1. The van der Waals surface area contributed by atoms with Crippen LogP contribution in [-0.4, -0.2) is 19.8 Å². The second-order valence-corrected chi connectivity index (χ2v) is 2.14. The smallest absolute Gasteiger partial charge is 0.0647 e. The number of nitrogens with two attached hydrogens (primary N) is 1. The van der Waals surface area contributed by atoms with E-state index in [-0.39, 0.29) is 0 Å². The summed E-state index contributed by atoms with van der Waals surface area (Å²) in [7, 11) is 0. The summed E-state index contributed by atoms with van der Waals surface area (Å²) in [6.07, 6.45) is 6.13. The van der Waals surface area contributed by atoms with Crippen LogP contribution in [0.15, 0.2) is 12.2 Å². The lowest BCUT2D eigenvalue weighted by atomic mass is 10.3. The Kier molecular flexibility index (Phi) is 8.37. The van der Waals surface area contributed by atoms with E-state index in [2.05, 4.69) is 0 Å². The molecule has 0 bridgehead atoms. The van der Waals surface area contributed by atoms with Gasteiger partial charge in [-0.1, -0.05) is 12.2 Å². The molecule has 0 atom stereocenters. The van der Waals surface area contributed by atoms with Gasteiger partial charge in [0.1, 0.15) is 0 Å². The average Bonchev–Trinajstić information content (AvgIpc) is 1.97. The first-order chi connectivity index (χ1) is 4.91. The van der Waals surface area contributed by atoms with Gasteiger partial charge in [-0.05, 0) is 26.3 Å². The summed E-state index contributed by atoms with van der Waals surface area (Å²) in [5.74, 6) is 0. The van der Waals surface area contributed by atoms with Crippen LogP contribution in [0.3, 0.4) is 0 Å². The summed E-state index contributed by atoms with van der Waals surface area (Å²) in [6, 6.07) is 0. The van der Waals surface area contributed by atoms with Crippen LogP contribution in [0, 0.1) is 0 Å². The Morgan fingerprint density at radius 3 is 2.80 bits per heavy atom. The molecule has 0 aromatic heterocycles. The SMILES string of the molecule is CC=CCOCCCCN. The monoisotopic (exact) mass is 143 g/mol. The van der Waals surface area contributed by atoms with Crippen LogP contribution in [0.4, 0.5) is 0 Å². The highest BCUT2D eigenvalue weighted by atomic mass is 16.5. The Labute approximate surface area is 63.1 Å². The van der Waals surface area contributed by atoms with E-state index in [1.165, 1.54) is 0 Å². The third-order valence-corrected chi connectivity index (χ3v) is 1.19. The van der Waals surface area contributed by atoms with Gasteiger partial charge in [-0.25, -0.2) is 0 Å². The highest BCUT2D eigenvalue weighted by Gasteiger charge is 1.83. The summed E-state index contributed by atoms with van der Waals surface area (Å²) in [5.41, 5.74) is 5.30. The summed E-state index contributed by atoms with van der Waals surface area (Å²) < 4.78 is 5.23. The molecule has 0 aliphatic carbocycles. The van der Waals surface area contributed by atoms with E-state index in [1.54, 1.807) is 0 Å². The highest BCUT2D eigenvalue weighted by Crippen LogP contribution is 1.87. The van der Waals surface area contributed by atoms with Crippen molar-refractivity contribution in [2.75, 3.05) is 19.8 Å². The molecule has 0 spiro atoms. The van der Waals surface area contributed by atoms with Crippen molar-refractivity contribution in [2.24, 2.45) is 5.73 Å². The molecule has 10 heavy (non-hydrogen) atoms. The third-order valence-electron chi connectivity index (χ3n) is 1.19. The van der Waals surface area contributed by atoms with Crippen molar-refractivity contribution in [1.82, 2.24) is 0 Å². The van der Waals surface area contributed by atoms with Gasteiger partial charge in [0.2, 0.25) is 0 Å². The average molecular weight is 143 g/mol. The van der Waals surface area contributed by atoms with E-state index < -0.39 is 0 Å². The number of rotatable bonds is 6. The maximum Gasteiger partial charge on any atom is 0.0647 e. The van der Waals surface area contributed by atoms with Crippen LogP contribution in [0.2, 0.25) is 0 Å². The zero-order valence-corrected chi connectivity index (χ0v) is 6.68. The molecule has 0 unspecified atom stereocenters. The maximum absolute atomic E-state index is 5.30. The molecule has 0 aliphatic heterocycles. The first kappa shape index (κ1) is 9.66. The molecule has 0 amide bonds. The van der Waals surface area contributed by atoms with E-state index >= 15 is 0 Å². The van der Waals surface area contributed by atoms with E-state index in [0.29, 0.717) is 0 Å². The molecular weight excluding hydrogens is 126 g/mol. The lowest BCUT2D eigenvalue weighted by molar-refractivity contribution is 0.158. The maximum atomic E-state index is 5.30. The minimum absolute atomic E-state index is 0.737. The van der Waals surface area contributed by atoms with Crippen molar-refractivity contribution in [3.8, 4) is 0 Å². The molecule has 0 aliphatic rings. The fourth-order valence-corrected chi connectivity index (χ4v) is 0.596. The molecule has 0 saturated heterocycles. The van der Waals surface area contributed by atoms with Gasteiger partial charge in [0.05, 0.1) is 6.61 Å². The zero-order chi connectivity index (χ0) is 7.66. The predicted molar refractivity (Wildman–Crippen MR) is 43.9 cm³/mol. The first-order valence-corrected chi connectivity index (χ1v) is 3.80. The van der Waals surface area contributed by atoms with Crippen molar-refractivity contribution in [3.05, 3.63) is 12.2 Å². The Morgan fingerprint density at radius 2 is 2.20 bits per heavy atom. The molecule has 2 nitrogen and oxygen atoms in total. The molecule has 0 radical (unpaired) electrons. The van der Waals surface area contributed by atoms with Gasteiger partial charge >= 0.3 is 0 Å². The molecule has 0 rings (SSSR count). The summed E-state index contributed by atoms with van der Waals surface area (Å²) >= 11 is 0. The first-order valence-electron chi connectivity index (χ1n) is 3.80. The Bertz CT molecular complexity index is 81.3. The lowest BCUT2D eigenvalue weighted by Gasteiger charge is -1.98. The highest BCUT2D eigenvalue weighted by molar-refractivity contribution is 4.75. The van der Waals surface area contributed by atoms with E-state index in [0.717, 1.165) is 32.6 Å². The van der Waals surface area contributed by atoms with Crippen LogP contribution in [0.25, 0.3) is 0 Å². The van der Waals surface area contributed by atoms with Gasteiger partial charge in [0, 0.05) is 6.61 Å². The predicted octanol–water partition coefficient (Wildman–Crippen LogP) is 1.32. The van der Waals surface area contributed by atoms with Crippen LogP contribution in [0.5, 0.6) is 0 Å². The molecule has 0 heterocycles. The fourth-order valence-electron chi connectivity index (χ4n) is 0.596. The quantitative estimate of drug-likeness (QED) is 0.449. The zero-order valence-electron chi connectivity index (χ0n) is 6.68. The second-order valence-electron chi connectivity index (χ2n) is 2.14.